The molecule has 0 aromatic heterocycles. The average Bonchev–Trinajstić information content (AvgIpc) is 2.59. The second kappa shape index (κ2) is 7.75. The fourth-order valence-corrected chi connectivity index (χ4v) is 4.25. The minimum absolute atomic E-state index is 0.361. The van der Waals surface area contributed by atoms with Crippen LogP contribution in [0.3, 0.4) is 0 Å². The van der Waals surface area contributed by atoms with Crippen molar-refractivity contribution >= 4 is 0 Å². The molecule has 0 unspecified atom stereocenters. The standard InChI is InChI=1S/C19H32N4/c1-21-11-8-19(7-10-20,9-12-21)23-15-13-22(14-16-23)17-18-5-3-2-4-6-18/h2-6H,7-17,20H2,1H3. The Labute approximate surface area is 141 Å². The maximum atomic E-state index is 5.96. The number of hydrogen-bond donors (Lipinski definition) is 1. The molecule has 0 radical (unpaired) electrons. The first-order valence-electron chi connectivity index (χ1n) is 9.12. The molecule has 3 rings (SSSR count). The lowest BCUT2D eigenvalue weighted by Crippen LogP contribution is -2.60. The Morgan fingerprint density at radius 1 is 0.957 bits per heavy atom. The molecule has 2 N–H and O–H groups in total. The Kier molecular flexibility index (Phi) is 5.70. The molecule has 1 aromatic carbocycles. The largest absolute Gasteiger partial charge is 0.330 e. The number of likely N-dealkylation sites (tertiary alicyclic amines) is 1. The Bertz CT molecular complexity index is 460. The molecule has 2 fully saturated rings. The summed E-state index contributed by atoms with van der Waals surface area (Å²) in [5, 5.41) is 0. The zero-order valence-electron chi connectivity index (χ0n) is 14.6. The molecule has 0 spiro atoms. The van der Waals surface area contributed by atoms with E-state index >= 15 is 0 Å². The van der Waals surface area contributed by atoms with Gasteiger partial charge in [0.2, 0.25) is 0 Å². The molecule has 0 aliphatic carbocycles. The fraction of sp³-hybridized carbons (Fsp3) is 0.684. The van der Waals surface area contributed by atoms with Gasteiger partial charge in [0.05, 0.1) is 0 Å². The van der Waals surface area contributed by atoms with Gasteiger partial charge in [0.25, 0.3) is 0 Å². The van der Waals surface area contributed by atoms with E-state index < -0.39 is 0 Å². The number of benzene rings is 1. The minimum atomic E-state index is 0.361. The van der Waals surface area contributed by atoms with E-state index in [0.29, 0.717) is 5.54 Å². The van der Waals surface area contributed by atoms with E-state index in [1.807, 2.05) is 0 Å². The fourth-order valence-electron chi connectivity index (χ4n) is 4.25. The van der Waals surface area contributed by atoms with Gasteiger partial charge in [0, 0.05) is 38.3 Å². The summed E-state index contributed by atoms with van der Waals surface area (Å²) in [6, 6.07) is 10.8. The quantitative estimate of drug-likeness (QED) is 0.895. The average molecular weight is 316 g/mol. The maximum Gasteiger partial charge on any atom is 0.0247 e. The highest BCUT2D eigenvalue weighted by atomic mass is 15.3. The van der Waals surface area contributed by atoms with Crippen LogP contribution in [0.1, 0.15) is 24.8 Å². The number of hydrogen-bond acceptors (Lipinski definition) is 4. The van der Waals surface area contributed by atoms with E-state index in [-0.39, 0.29) is 0 Å². The molecule has 0 saturated carbocycles. The van der Waals surface area contributed by atoms with Gasteiger partial charge < -0.3 is 10.6 Å². The van der Waals surface area contributed by atoms with Gasteiger partial charge in [-0.3, -0.25) is 9.80 Å². The summed E-state index contributed by atoms with van der Waals surface area (Å²) >= 11 is 0. The predicted octanol–water partition coefficient (Wildman–Crippen LogP) is 1.62. The first-order chi connectivity index (χ1) is 11.2. The summed E-state index contributed by atoms with van der Waals surface area (Å²) in [6.07, 6.45) is 3.71. The lowest BCUT2D eigenvalue weighted by atomic mass is 9.82. The van der Waals surface area contributed by atoms with Crippen LogP contribution in [0, 0.1) is 0 Å². The van der Waals surface area contributed by atoms with Crippen LogP contribution in [0.5, 0.6) is 0 Å². The maximum absolute atomic E-state index is 5.96. The molecule has 2 aliphatic rings. The van der Waals surface area contributed by atoms with E-state index in [2.05, 4.69) is 52.1 Å². The van der Waals surface area contributed by atoms with Gasteiger partial charge in [-0.05, 0) is 51.5 Å². The van der Waals surface area contributed by atoms with Crippen LogP contribution in [-0.4, -0.2) is 73.1 Å². The van der Waals surface area contributed by atoms with Gasteiger partial charge in [-0.2, -0.15) is 0 Å². The SMILES string of the molecule is CN1CCC(CCN)(N2CCN(Cc3ccccc3)CC2)CC1. The van der Waals surface area contributed by atoms with Crippen molar-refractivity contribution in [3.63, 3.8) is 0 Å². The van der Waals surface area contributed by atoms with Crippen LogP contribution >= 0.6 is 0 Å². The van der Waals surface area contributed by atoms with E-state index in [4.69, 9.17) is 5.73 Å². The molecule has 23 heavy (non-hydrogen) atoms. The van der Waals surface area contributed by atoms with Crippen molar-refractivity contribution in [1.82, 2.24) is 14.7 Å². The Morgan fingerprint density at radius 2 is 1.61 bits per heavy atom. The van der Waals surface area contributed by atoms with Gasteiger partial charge >= 0.3 is 0 Å². The zero-order valence-corrected chi connectivity index (χ0v) is 14.6. The molecular weight excluding hydrogens is 284 g/mol. The lowest BCUT2D eigenvalue weighted by molar-refractivity contribution is -0.0120. The van der Waals surface area contributed by atoms with Crippen LogP contribution in [0.15, 0.2) is 30.3 Å². The summed E-state index contributed by atoms with van der Waals surface area (Å²) in [4.78, 5) is 7.81. The van der Waals surface area contributed by atoms with Crippen LogP contribution in [0.4, 0.5) is 0 Å². The Hall–Kier alpha value is -0.940. The monoisotopic (exact) mass is 316 g/mol. The van der Waals surface area contributed by atoms with Crippen molar-refractivity contribution in [2.45, 2.75) is 31.3 Å². The first kappa shape index (κ1) is 16.9. The van der Waals surface area contributed by atoms with Crippen molar-refractivity contribution < 1.29 is 0 Å². The molecule has 128 valence electrons. The van der Waals surface area contributed by atoms with E-state index in [1.165, 1.54) is 57.7 Å². The molecule has 2 aliphatic heterocycles. The van der Waals surface area contributed by atoms with Crippen molar-refractivity contribution in [3.8, 4) is 0 Å². The van der Waals surface area contributed by atoms with Crippen molar-refractivity contribution in [2.24, 2.45) is 5.73 Å². The third kappa shape index (κ3) is 4.13. The predicted molar refractivity (Wildman–Crippen MR) is 96.4 cm³/mol. The van der Waals surface area contributed by atoms with E-state index in [0.717, 1.165) is 19.5 Å². The molecule has 2 saturated heterocycles. The molecule has 4 nitrogen and oxygen atoms in total. The zero-order chi connectivity index (χ0) is 16.1. The van der Waals surface area contributed by atoms with Crippen molar-refractivity contribution in [3.05, 3.63) is 35.9 Å². The topological polar surface area (TPSA) is 35.7 Å². The first-order valence-corrected chi connectivity index (χ1v) is 9.12. The molecule has 0 atom stereocenters. The molecule has 2 heterocycles. The summed E-state index contributed by atoms with van der Waals surface area (Å²) in [5.41, 5.74) is 7.75. The Balaban J connectivity index is 1.56. The summed E-state index contributed by atoms with van der Waals surface area (Å²) < 4.78 is 0. The van der Waals surface area contributed by atoms with Gasteiger partial charge in [-0.15, -0.1) is 0 Å². The molecule has 4 heteroatoms. The number of nitrogens with zero attached hydrogens (tertiary/aromatic N) is 3. The third-order valence-corrected chi connectivity index (χ3v) is 5.82. The highest BCUT2D eigenvalue weighted by molar-refractivity contribution is 5.14. The van der Waals surface area contributed by atoms with Gasteiger partial charge in [-0.1, -0.05) is 30.3 Å². The Morgan fingerprint density at radius 3 is 2.22 bits per heavy atom. The van der Waals surface area contributed by atoms with Crippen LogP contribution in [0.2, 0.25) is 0 Å². The normalized spacial score (nSPS) is 23.9. The second-order valence-electron chi connectivity index (χ2n) is 7.32. The second-order valence-corrected chi connectivity index (χ2v) is 7.32. The molecule has 1 aromatic rings. The van der Waals surface area contributed by atoms with E-state index in [1.54, 1.807) is 0 Å². The van der Waals surface area contributed by atoms with Crippen LogP contribution in [-0.2, 0) is 6.54 Å². The van der Waals surface area contributed by atoms with Crippen molar-refractivity contribution in [1.29, 1.82) is 0 Å². The van der Waals surface area contributed by atoms with Crippen molar-refractivity contribution in [2.75, 3.05) is 52.9 Å². The lowest BCUT2D eigenvalue weighted by Gasteiger charge is -2.51. The number of piperidine rings is 1. The summed E-state index contributed by atoms with van der Waals surface area (Å²) in [6.45, 7) is 9.06. The number of piperazine rings is 1. The number of rotatable bonds is 5. The smallest absolute Gasteiger partial charge is 0.0247 e. The third-order valence-electron chi connectivity index (χ3n) is 5.82. The number of nitrogens with two attached hydrogens (primary N) is 1. The highest BCUT2D eigenvalue weighted by Gasteiger charge is 2.39. The summed E-state index contributed by atoms with van der Waals surface area (Å²) in [7, 11) is 2.24. The van der Waals surface area contributed by atoms with Crippen LogP contribution in [0.25, 0.3) is 0 Å². The highest BCUT2D eigenvalue weighted by Crippen LogP contribution is 2.32. The van der Waals surface area contributed by atoms with Crippen LogP contribution < -0.4 is 5.73 Å². The molecule has 0 amide bonds. The molecular formula is C19H32N4. The molecule has 0 bridgehead atoms. The van der Waals surface area contributed by atoms with E-state index in [9.17, 15) is 0 Å². The minimum Gasteiger partial charge on any atom is -0.330 e. The van der Waals surface area contributed by atoms with Gasteiger partial charge in [-0.25, -0.2) is 0 Å². The van der Waals surface area contributed by atoms with Gasteiger partial charge in [0.15, 0.2) is 0 Å². The van der Waals surface area contributed by atoms with Gasteiger partial charge in [0.1, 0.15) is 0 Å². The summed E-state index contributed by atoms with van der Waals surface area (Å²) in [5.74, 6) is 0.